The van der Waals surface area contributed by atoms with Gasteiger partial charge in [-0.3, -0.25) is 10.1 Å². The van der Waals surface area contributed by atoms with Crippen LogP contribution in [0.25, 0.3) is 0 Å². The van der Waals surface area contributed by atoms with Gasteiger partial charge in [-0.15, -0.1) is 0 Å². The van der Waals surface area contributed by atoms with Gasteiger partial charge in [-0.1, -0.05) is 18.2 Å². The first-order chi connectivity index (χ1) is 7.56. The van der Waals surface area contributed by atoms with Crippen LogP contribution in [0.2, 0.25) is 0 Å². The van der Waals surface area contributed by atoms with Crippen molar-refractivity contribution in [2.75, 3.05) is 7.05 Å². The predicted octanol–water partition coefficient (Wildman–Crippen LogP) is 1.61. The zero-order chi connectivity index (χ0) is 12.1. The van der Waals surface area contributed by atoms with E-state index in [0.29, 0.717) is 5.56 Å². The third-order valence-corrected chi connectivity index (χ3v) is 2.51. The summed E-state index contributed by atoms with van der Waals surface area (Å²) in [6.45, 7) is 3.58. The lowest BCUT2D eigenvalue weighted by Gasteiger charge is -2.19. The van der Waals surface area contributed by atoms with Crippen molar-refractivity contribution >= 4 is 5.91 Å². The predicted molar refractivity (Wildman–Crippen MR) is 61.5 cm³/mol. The fourth-order valence-corrected chi connectivity index (χ4v) is 1.58. The molecule has 0 aliphatic heterocycles. The molecule has 88 valence electrons. The summed E-state index contributed by atoms with van der Waals surface area (Å²) in [6.07, 6.45) is 0. The first-order valence-electron chi connectivity index (χ1n) is 5.28. The van der Waals surface area contributed by atoms with Gasteiger partial charge in [0.1, 0.15) is 5.82 Å². The molecule has 0 fully saturated rings. The van der Waals surface area contributed by atoms with Crippen LogP contribution in [0.3, 0.4) is 0 Å². The number of carbonyl (C=O) groups excluding carboxylic acids is 1. The standard InChI is InChI=1S/C12H17FN2O/c1-8(15-9(2)12(16)14-3)10-6-4-5-7-11(10)13/h4-9,15H,1-3H3,(H,14,16)/t8?,9-/m1/s1. The molecular formula is C12H17FN2O. The van der Waals surface area contributed by atoms with Gasteiger partial charge in [0.15, 0.2) is 0 Å². The van der Waals surface area contributed by atoms with Crippen LogP contribution in [0.15, 0.2) is 24.3 Å². The van der Waals surface area contributed by atoms with E-state index in [2.05, 4.69) is 10.6 Å². The van der Waals surface area contributed by atoms with E-state index in [9.17, 15) is 9.18 Å². The molecule has 2 N–H and O–H groups in total. The van der Waals surface area contributed by atoms with E-state index < -0.39 is 0 Å². The van der Waals surface area contributed by atoms with E-state index in [4.69, 9.17) is 0 Å². The highest BCUT2D eigenvalue weighted by Gasteiger charge is 2.16. The summed E-state index contributed by atoms with van der Waals surface area (Å²) in [6, 6.07) is 6.00. The van der Waals surface area contributed by atoms with Crippen molar-refractivity contribution in [3.63, 3.8) is 0 Å². The molecule has 4 heteroatoms. The summed E-state index contributed by atoms with van der Waals surface area (Å²) in [7, 11) is 1.58. The molecule has 1 unspecified atom stereocenters. The quantitative estimate of drug-likeness (QED) is 0.815. The highest BCUT2D eigenvalue weighted by Crippen LogP contribution is 2.16. The Hall–Kier alpha value is -1.42. The number of hydrogen-bond acceptors (Lipinski definition) is 2. The van der Waals surface area contributed by atoms with Gasteiger partial charge in [0, 0.05) is 18.7 Å². The monoisotopic (exact) mass is 224 g/mol. The third-order valence-electron chi connectivity index (χ3n) is 2.51. The normalized spacial score (nSPS) is 14.2. The number of carbonyl (C=O) groups is 1. The molecule has 0 bridgehead atoms. The lowest BCUT2D eigenvalue weighted by molar-refractivity contribution is -0.122. The van der Waals surface area contributed by atoms with Crippen LogP contribution < -0.4 is 10.6 Å². The average Bonchev–Trinajstić information content (AvgIpc) is 2.28. The molecule has 1 aromatic rings. The Bertz CT molecular complexity index is 368. The summed E-state index contributed by atoms with van der Waals surface area (Å²) in [5.74, 6) is -0.366. The van der Waals surface area contributed by atoms with Crippen LogP contribution in [0.1, 0.15) is 25.5 Å². The van der Waals surface area contributed by atoms with Crippen molar-refractivity contribution < 1.29 is 9.18 Å². The number of nitrogens with one attached hydrogen (secondary N) is 2. The highest BCUT2D eigenvalue weighted by molar-refractivity contribution is 5.80. The highest BCUT2D eigenvalue weighted by atomic mass is 19.1. The Morgan fingerprint density at radius 3 is 2.50 bits per heavy atom. The Morgan fingerprint density at radius 1 is 1.31 bits per heavy atom. The van der Waals surface area contributed by atoms with Gasteiger partial charge < -0.3 is 5.32 Å². The summed E-state index contributed by atoms with van der Waals surface area (Å²) in [5, 5.41) is 5.58. The number of amides is 1. The van der Waals surface area contributed by atoms with Crippen molar-refractivity contribution in [1.82, 2.24) is 10.6 Å². The van der Waals surface area contributed by atoms with Gasteiger partial charge >= 0.3 is 0 Å². The Balaban J connectivity index is 2.69. The van der Waals surface area contributed by atoms with Gasteiger partial charge in [-0.25, -0.2) is 4.39 Å². The largest absolute Gasteiger partial charge is 0.358 e. The molecule has 0 saturated carbocycles. The minimum Gasteiger partial charge on any atom is -0.358 e. The van der Waals surface area contributed by atoms with Crippen molar-refractivity contribution in [3.05, 3.63) is 35.6 Å². The third kappa shape index (κ3) is 3.03. The van der Waals surface area contributed by atoms with Crippen LogP contribution >= 0.6 is 0 Å². The van der Waals surface area contributed by atoms with E-state index in [1.807, 2.05) is 6.92 Å². The van der Waals surface area contributed by atoms with Gasteiger partial charge in [0.05, 0.1) is 6.04 Å². The van der Waals surface area contributed by atoms with Gasteiger partial charge in [-0.2, -0.15) is 0 Å². The Kier molecular flexibility index (Phi) is 4.43. The molecular weight excluding hydrogens is 207 g/mol. The molecule has 2 atom stereocenters. The number of halogens is 1. The Labute approximate surface area is 95.0 Å². The Morgan fingerprint density at radius 2 is 1.94 bits per heavy atom. The maximum absolute atomic E-state index is 13.4. The van der Waals surface area contributed by atoms with Crippen LogP contribution in [-0.2, 0) is 4.79 Å². The number of hydrogen-bond donors (Lipinski definition) is 2. The average molecular weight is 224 g/mol. The molecule has 0 aliphatic rings. The van der Waals surface area contributed by atoms with Crippen LogP contribution in [0, 0.1) is 5.82 Å². The fraction of sp³-hybridized carbons (Fsp3) is 0.417. The molecule has 0 saturated heterocycles. The smallest absolute Gasteiger partial charge is 0.236 e. The molecule has 1 rings (SSSR count). The lowest BCUT2D eigenvalue weighted by Crippen LogP contribution is -2.41. The lowest BCUT2D eigenvalue weighted by atomic mass is 10.1. The summed E-state index contributed by atoms with van der Waals surface area (Å²) in [4.78, 5) is 11.3. The number of rotatable bonds is 4. The zero-order valence-corrected chi connectivity index (χ0v) is 9.75. The molecule has 1 aromatic carbocycles. The molecule has 0 aliphatic carbocycles. The molecule has 0 spiro atoms. The summed E-state index contributed by atoms with van der Waals surface area (Å²) < 4.78 is 13.4. The van der Waals surface area contributed by atoms with Gasteiger partial charge in [0.25, 0.3) is 0 Å². The van der Waals surface area contributed by atoms with E-state index >= 15 is 0 Å². The van der Waals surface area contributed by atoms with Crippen molar-refractivity contribution in [2.45, 2.75) is 25.9 Å². The van der Waals surface area contributed by atoms with Crippen LogP contribution in [0.4, 0.5) is 4.39 Å². The van der Waals surface area contributed by atoms with E-state index in [0.717, 1.165) is 0 Å². The molecule has 3 nitrogen and oxygen atoms in total. The maximum atomic E-state index is 13.4. The van der Waals surface area contributed by atoms with Gasteiger partial charge in [-0.05, 0) is 19.9 Å². The SMILES string of the molecule is CNC(=O)[C@@H](C)NC(C)c1ccccc1F. The summed E-state index contributed by atoms with van der Waals surface area (Å²) in [5.41, 5.74) is 0.568. The second-order valence-corrected chi connectivity index (χ2v) is 3.75. The minimum atomic E-state index is -0.348. The molecule has 0 radical (unpaired) electrons. The maximum Gasteiger partial charge on any atom is 0.236 e. The molecule has 0 aromatic heterocycles. The number of benzene rings is 1. The molecule has 16 heavy (non-hydrogen) atoms. The topological polar surface area (TPSA) is 41.1 Å². The minimum absolute atomic E-state index is 0.108. The molecule has 1 amide bonds. The van der Waals surface area contributed by atoms with Crippen LogP contribution in [-0.4, -0.2) is 19.0 Å². The second-order valence-electron chi connectivity index (χ2n) is 3.75. The number of likely N-dealkylation sites (N-methyl/N-ethyl adjacent to an activating group) is 1. The first-order valence-corrected chi connectivity index (χ1v) is 5.28. The van der Waals surface area contributed by atoms with E-state index in [1.54, 1.807) is 32.2 Å². The summed E-state index contributed by atoms with van der Waals surface area (Å²) >= 11 is 0. The fourth-order valence-electron chi connectivity index (χ4n) is 1.58. The van der Waals surface area contributed by atoms with E-state index in [-0.39, 0.29) is 23.8 Å². The van der Waals surface area contributed by atoms with Crippen molar-refractivity contribution in [1.29, 1.82) is 0 Å². The van der Waals surface area contributed by atoms with Crippen molar-refractivity contribution in [3.8, 4) is 0 Å². The molecule has 0 heterocycles. The second kappa shape index (κ2) is 5.61. The van der Waals surface area contributed by atoms with E-state index in [1.165, 1.54) is 6.07 Å². The van der Waals surface area contributed by atoms with Crippen molar-refractivity contribution in [2.24, 2.45) is 0 Å². The zero-order valence-electron chi connectivity index (χ0n) is 9.75. The van der Waals surface area contributed by atoms with Crippen LogP contribution in [0.5, 0.6) is 0 Å². The first kappa shape index (κ1) is 12.6. The van der Waals surface area contributed by atoms with Gasteiger partial charge in [0.2, 0.25) is 5.91 Å².